The summed E-state index contributed by atoms with van der Waals surface area (Å²) in [5, 5.41) is 12.7. The molecule has 0 unspecified atom stereocenters. The maximum atomic E-state index is 12.9. The maximum absolute atomic E-state index is 12.9. The summed E-state index contributed by atoms with van der Waals surface area (Å²) < 4.78 is 8.13. The molecule has 1 saturated heterocycles. The second kappa shape index (κ2) is 12.6. The van der Waals surface area contributed by atoms with Crippen molar-refractivity contribution in [2.75, 3.05) is 24.2 Å². The van der Waals surface area contributed by atoms with E-state index < -0.39 is 0 Å². The lowest BCUT2D eigenvalue weighted by atomic mass is 10.1. The van der Waals surface area contributed by atoms with E-state index in [9.17, 15) is 4.79 Å². The Morgan fingerprint density at radius 2 is 1.54 bits per heavy atom. The Morgan fingerprint density at radius 1 is 0.838 bits per heavy atom. The quantitative estimate of drug-likeness (QED) is 0.269. The van der Waals surface area contributed by atoms with Crippen molar-refractivity contribution in [2.24, 2.45) is 0 Å². The lowest BCUT2D eigenvalue weighted by molar-refractivity contribution is -0.113. The molecule has 1 aromatic heterocycles. The number of benzene rings is 3. The molecule has 7 nitrogen and oxygen atoms in total. The molecule has 5 rings (SSSR count). The normalized spacial score (nSPS) is 13.8. The molecule has 0 saturated carbocycles. The van der Waals surface area contributed by atoms with Gasteiger partial charge in [0.15, 0.2) is 10.9 Å². The molecule has 37 heavy (non-hydrogen) atoms. The van der Waals surface area contributed by atoms with E-state index in [1.807, 2.05) is 72.8 Å². The Balaban J connectivity index is 1.26. The van der Waals surface area contributed by atoms with Crippen LogP contribution < -0.4 is 10.1 Å². The Bertz CT molecular complexity index is 1290. The summed E-state index contributed by atoms with van der Waals surface area (Å²) in [4.78, 5) is 15.4. The third-order valence-electron chi connectivity index (χ3n) is 6.26. The first kappa shape index (κ1) is 25.0. The number of hydrogen-bond donors (Lipinski definition) is 1. The highest BCUT2D eigenvalue weighted by molar-refractivity contribution is 7.99. The molecule has 1 aliphatic heterocycles. The molecule has 0 atom stereocenters. The second-order valence-electron chi connectivity index (χ2n) is 9.06. The number of nitrogens with zero attached hydrogens (tertiary/aromatic N) is 4. The largest absolute Gasteiger partial charge is 0.455 e. The van der Waals surface area contributed by atoms with Crippen LogP contribution in [0.4, 0.5) is 5.69 Å². The van der Waals surface area contributed by atoms with Crippen LogP contribution in [-0.2, 0) is 17.9 Å². The number of para-hydroxylation sites is 3. The maximum Gasteiger partial charge on any atom is 0.234 e. The van der Waals surface area contributed by atoms with Gasteiger partial charge in [-0.1, -0.05) is 78.8 Å². The molecule has 4 aromatic rings. The van der Waals surface area contributed by atoms with Gasteiger partial charge in [0.2, 0.25) is 5.91 Å². The minimum absolute atomic E-state index is 0.124. The summed E-state index contributed by atoms with van der Waals surface area (Å²) in [6.45, 7) is 3.63. The molecule has 1 N–H and O–H groups in total. The Morgan fingerprint density at radius 3 is 2.32 bits per heavy atom. The van der Waals surface area contributed by atoms with Gasteiger partial charge in [-0.05, 0) is 55.8 Å². The predicted octanol–water partition coefficient (Wildman–Crippen LogP) is 5.84. The molecule has 0 bridgehead atoms. The molecule has 0 spiro atoms. The summed E-state index contributed by atoms with van der Waals surface area (Å²) in [5.74, 6) is 2.35. The standard InChI is InChI=1S/C29H31N5O2S/c35-28(30-25-16-8-9-17-26(25)36-24-14-6-2-7-15-24)22-37-29-32-31-27(21-33-18-10-3-11-19-33)34(29)20-23-12-4-1-5-13-23/h1-2,4-9,12-17H,3,10-11,18-22H2,(H,30,35). The molecule has 8 heteroatoms. The smallest absolute Gasteiger partial charge is 0.234 e. The van der Waals surface area contributed by atoms with Gasteiger partial charge < -0.3 is 14.6 Å². The fourth-order valence-electron chi connectivity index (χ4n) is 4.38. The molecule has 3 aromatic carbocycles. The summed E-state index contributed by atoms with van der Waals surface area (Å²) >= 11 is 1.40. The van der Waals surface area contributed by atoms with Gasteiger partial charge in [-0.25, -0.2) is 0 Å². The summed E-state index contributed by atoms with van der Waals surface area (Å²) in [6.07, 6.45) is 3.75. The van der Waals surface area contributed by atoms with E-state index in [4.69, 9.17) is 4.74 Å². The van der Waals surface area contributed by atoms with Crippen molar-refractivity contribution in [1.82, 2.24) is 19.7 Å². The van der Waals surface area contributed by atoms with Crippen molar-refractivity contribution >= 4 is 23.4 Å². The zero-order valence-electron chi connectivity index (χ0n) is 20.8. The first-order valence-electron chi connectivity index (χ1n) is 12.7. The summed E-state index contributed by atoms with van der Waals surface area (Å²) in [5.41, 5.74) is 1.81. The molecule has 1 amide bonds. The Hall–Kier alpha value is -3.62. The zero-order chi connectivity index (χ0) is 25.3. The van der Waals surface area contributed by atoms with Crippen LogP contribution in [0.1, 0.15) is 30.7 Å². The first-order chi connectivity index (χ1) is 18.2. The number of carbonyl (C=O) groups is 1. The molecule has 1 fully saturated rings. The summed E-state index contributed by atoms with van der Waals surface area (Å²) in [7, 11) is 0. The van der Waals surface area contributed by atoms with Crippen molar-refractivity contribution < 1.29 is 9.53 Å². The third-order valence-corrected chi connectivity index (χ3v) is 7.22. The van der Waals surface area contributed by atoms with Gasteiger partial charge in [0.25, 0.3) is 0 Å². The van der Waals surface area contributed by atoms with Crippen molar-refractivity contribution in [1.29, 1.82) is 0 Å². The number of aromatic nitrogens is 3. The Labute approximate surface area is 221 Å². The molecule has 0 aliphatic carbocycles. The highest BCUT2D eigenvalue weighted by atomic mass is 32.2. The monoisotopic (exact) mass is 513 g/mol. The number of ether oxygens (including phenoxy) is 1. The number of piperidine rings is 1. The van der Waals surface area contributed by atoms with E-state index in [1.54, 1.807) is 0 Å². The van der Waals surface area contributed by atoms with Crippen LogP contribution in [0.15, 0.2) is 90.1 Å². The van der Waals surface area contributed by atoms with Crippen LogP contribution in [0.25, 0.3) is 0 Å². The molecule has 190 valence electrons. The van der Waals surface area contributed by atoms with E-state index in [-0.39, 0.29) is 11.7 Å². The zero-order valence-corrected chi connectivity index (χ0v) is 21.6. The molecule has 1 aliphatic rings. The van der Waals surface area contributed by atoms with Crippen LogP contribution in [0.2, 0.25) is 0 Å². The lowest BCUT2D eigenvalue weighted by Crippen LogP contribution is -2.30. The fourth-order valence-corrected chi connectivity index (χ4v) is 5.13. The van der Waals surface area contributed by atoms with E-state index in [0.717, 1.165) is 30.6 Å². The Kier molecular flexibility index (Phi) is 8.50. The lowest BCUT2D eigenvalue weighted by Gasteiger charge is -2.26. The predicted molar refractivity (Wildman–Crippen MR) is 147 cm³/mol. The highest BCUT2D eigenvalue weighted by Gasteiger charge is 2.19. The number of amides is 1. The van der Waals surface area contributed by atoms with E-state index in [1.165, 1.54) is 36.6 Å². The highest BCUT2D eigenvalue weighted by Crippen LogP contribution is 2.29. The van der Waals surface area contributed by atoms with Gasteiger partial charge >= 0.3 is 0 Å². The topological polar surface area (TPSA) is 72.3 Å². The van der Waals surface area contributed by atoms with Crippen LogP contribution >= 0.6 is 11.8 Å². The van der Waals surface area contributed by atoms with Crippen LogP contribution in [0, 0.1) is 0 Å². The molecular formula is C29H31N5O2S. The SMILES string of the molecule is O=C(CSc1nnc(CN2CCCCC2)n1Cc1ccccc1)Nc1ccccc1Oc1ccccc1. The number of carbonyl (C=O) groups excluding carboxylic acids is 1. The van der Waals surface area contributed by atoms with Gasteiger partial charge in [0.1, 0.15) is 11.6 Å². The number of likely N-dealkylation sites (tertiary alicyclic amines) is 1. The van der Waals surface area contributed by atoms with E-state index in [2.05, 4.69) is 37.1 Å². The number of thioether (sulfide) groups is 1. The first-order valence-corrected chi connectivity index (χ1v) is 13.7. The van der Waals surface area contributed by atoms with Crippen molar-refractivity contribution in [3.05, 3.63) is 96.3 Å². The average molecular weight is 514 g/mol. The van der Waals surface area contributed by atoms with Crippen molar-refractivity contribution in [3.8, 4) is 11.5 Å². The van der Waals surface area contributed by atoms with Gasteiger partial charge in [-0.15, -0.1) is 10.2 Å². The molecule has 2 heterocycles. The number of hydrogen-bond acceptors (Lipinski definition) is 6. The number of anilines is 1. The van der Waals surface area contributed by atoms with Crippen molar-refractivity contribution in [2.45, 2.75) is 37.5 Å². The van der Waals surface area contributed by atoms with Gasteiger partial charge in [-0.3, -0.25) is 9.69 Å². The van der Waals surface area contributed by atoms with E-state index >= 15 is 0 Å². The second-order valence-corrected chi connectivity index (χ2v) is 10.00. The molecular weight excluding hydrogens is 482 g/mol. The summed E-state index contributed by atoms with van der Waals surface area (Å²) in [6, 6.07) is 27.3. The minimum atomic E-state index is -0.124. The average Bonchev–Trinajstić information content (AvgIpc) is 3.31. The van der Waals surface area contributed by atoms with Crippen molar-refractivity contribution in [3.63, 3.8) is 0 Å². The molecule has 0 radical (unpaired) electrons. The third kappa shape index (κ3) is 6.99. The van der Waals surface area contributed by atoms with Gasteiger partial charge in [-0.2, -0.15) is 0 Å². The number of rotatable bonds is 10. The van der Waals surface area contributed by atoms with E-state index in [0.29, 0.717) is 23.7 Å². The van der Waals surface area contributed by atoms with Gasteiger partial charge in [0.05, 0.1) is 24.5 Å². The number of nitrogens with one attached hydrogen (secondary N) is 1. The van der Waals surface area contributed by atoms with Crippen LogP contribution in [-0.4, -0.2) is 44.4 Å². The van der Waals surface area contributed by atoms with Gasteiger partial charge in [0, 0.05) is 0 Å². The van der Waals surface area contributed by atoms with Crippen LogP contribution in [0.3, 0.4) is 0 Å². The fraction of sp³-hybridized carbons (Fsp3) is 0.276. The minimum Gasteiger partial charge on any atom is -0.455 e. The van der Waals surface area contributed by atoms with Crippen LogP contribution in [0.5, 0.6) is 11.5 Å².